The zero-order chi connectivity index (χ0) is 9.10. The second kappa shape index (κ2) is 3.79. The van der Waals surface area contributed by atoms with E-state index in [-0.39, 0.29) is 0 Å². The molecule has 2 rings (SSSR count). The van der Waals surface area contributed by atoms with Gasteiger partial charge in [-0.25, -0.2) is 0 Å². The van der Waals surface area contributed by atoms with Gasteiger partial charge in [-0.3, -0.25) is 4.99 Å². The molecular formula is C11H11NS. The van der Waals surface area contributed by atoms with Gasteiger partial charge in [-0.15, -0.1) is 11.8 Å². The third kappa shape index (κ3) is 2.22. The van der Waals surface area contributed by atoms with Crippen LogP contribution < -0.4 is 0 Å². The maximum Gasteiger partial charge on any atom is 0.0604 e. The van der Waals surface area contributed by atoms with Crippen LogP contribution in [-0.4, -0.2) is 11.3 Å². The van der Waals surface area contributed by atoms with Gasteiger partial charge in [-0.2, -0.15) is 0 Å². The third-order valence-electron chi connectivity index (χ3n) is 1.93. The molecule has 1 aliphatic rings. The number of thioether (sulfide) groups is 1. The highest BCUT2D eigenvalue weighted by molar-refractivity contribution is 8.12. The van der Waals surface area contributed by atoms with Crippen LogP contribution >= 0.6 is 11.8 Å². The minimum atomic E-state index is 1.01. The summed E-state index contributed by atoms with van der Waals surface area (Å²) in [4.78, 5) is 4.25. The van der Waals surface area contributed by atoms with Crippen molar-refractivity contribution in [1.82, 2.24) is 0 Å². The maximum atomic E-state index is 4.25. The van der Waals surface area contributed by atoms with Crippen LogP contribution in [0.1, 0.15) is 11.1 Å². The van der Waals surface area contributed by atoms with Crippen LogP contribution in [0.5, 0.6) is 0 Å². The van der Waals surface area contributed by atoms with Crippen molar-refractivity contribution in [3.8, 4) is 0 Å². The predicted octanol–water partition coefficient (Wildman–Crippen LogP) is 3.11. The van der Waals surface area contributed by atoms with E-state index in [1.54, 1.807) is 11.8 Å². The van der Waals surface area contributed by atoms with Crippen molar-refractivity contribution >= 4 is 23.4 Å². The van der Waals surface area contributed by atoms with Crippen LogP contribution in [0, 0.1) is 6.92 Å². The summed E-state index contributed by atoms with van der Waals surface area (Å²) >= 11 is 1.74. The smallest absolute Gasteiger partial charge is 0.0604 e. The molecule has 13 heavy (non-hydrogen) atoms. The molecular weight excluding hydrogens is 178 g/mol. The molecule has 0 aliphatic carbocycles. The molecule has 1 aromatic rings. The van der Waals surface area contributed by atoms with Gasteiger partial charge in [0, 0.05) is 5.75 Å². The molecule has 0 bridgehead atoms. The number of hydrogen-bond acceptors (Lipinski definition) is 2. The van der Waals surface area contributed by atoms with Crippen molar-refractivity contribution in [2.75, 3.05) is 5.75 Å². The average molecular weight is 189 g/mol. The van der Waals surface area contributed by atoms with E-state index < -0.39 is 0 Å². The molecule has 0 atom stereocenters. The summed E-state index contributed by atoms with van der Waals surface area (Å²) in [5, 5.41) is 0. The monoisotopic (exact) mass is 189 g/mol. The molecule has 0 saturated heterocycles. The van der Waals surface area contributed by atoms with Gasteiger partial charge in [0.15, 0.2) is 0 Å². The highest BCUT2D eigenvalue weighted by Crippen LogP contribution is 2.18. The minimum Gasteiger partial charge on any atom is -0.254 e. The van der Waals surface area contributed by atoms with Crippen molar-refractivity contribution in [2.45, 2.75) is 6.92 Å². The van der Waals surface area contributed by atoms with Crippen molar-refractivity contribution in [1.29, 1.82) is 0 Å². The standard InChI is InChI=1S/C11H11NS/c1-9-2-4-10(5-3-9)6-11-7-13-8-12-11/h2-6,8H,7H2,1H3. The number of nitrogens with zero attached hydrogens (tertiary/aromatic N) is 1. The maximum absolute atomic E-state index is 4.25. The summed E-state index contributed by atoms with van der Waals surface area (Å²) in [6.45, 7) is 2.10. The highest BCUT2D eigenvalue weighted by Gasteiger charge is 2.00. The van der Waals surface area contributed by atoms with Gasteiger partial charge < -0.3 is 0 Å². The van der Waals surface area contributed by atoms with Gasteiger partial charge in [0.25, 0.3) is 0 Å². The molecule has 0 spiro atoms. The lowest BCUT2D eigenvalue weighted by Crippen LogP contribution is -1.78. The first-order valence-corrected chi connectivity index (χ1v) is 5.31. The Hall–Kier alpha value is -1.02. The van der Waals surface area contributed by atoms with Crippen LogP contribution in [0.4, 0.5) is 0 Å². The van der Waals surface area contributed by atoms with Crippen LogP contribution in [0.3, 0.4) is 0 Å². The molecule has 0 unspecified atom stereocenters. The van der Waals surface area contributed by atoms with E-state index in [1.165, 1.54) is 11.1 Å². The number of benzene rings is 1. The van der Waals surface area contributed by atoms with E-state index in [1.807, 2.05) is 5.55 Å². The van der Waals surface area contributed by atoms with Gasteiger partial charge in [-0.05, 0) is 18.6 Å². The molecule has 0 radical (unpaired) electrons. The van der Waals surface area contributed by atoms with Gasteiger partial charge in [-0.1, -0.05) is 29.8 Å². The quantitative estimate of drug-likeness (QED) is 0.661. The van der Waals surface area contributed by atoms with E-state index >= 15 is 0 Å². The lowest BCUT2D eigenvalue weighted by atomic mass is 10.1. The first-order valence-electron chi connectivity index (χ1n) is 4.26. The van der Waals surface area contributed by atoms with Crippen LogP contribution in [-0.2, 0) is 0 Å². The number of aryl methyl sites for hydroxylation is 1. The molecule has 0 N–H and O–H groups in total. The Labute approximate surface area is 82.6 Å². The predicted molar refractivity (Wildman–Crippen MR) is 60.1 cm³/mol. The second-order valence-electron chi connectivity index (χ2n) is 3.09. The molecule has 0 fully saturated rings. The van der Waals surface area contributed by atoms with Crippen molar-refractivity contribution < 1.29 is 0 Å². The van der Waals surface area contributed by atoms with E-state index in [9.17, 15) is 0 Å². The minimum absolute atomic E-state index is 1.01. The van der Waals surface area contributed by atoms with Crippen molar-refractivity contribution in [2.24, 2.45) is 4.99 Å². The molecule has 66 valence electrons. The summed E-state index contributed by atoms with van der Waals surface area (Å²) in [5.74, 6) is 1.01. The first kappa shape index (κ1) is 8.57. The SMILES string of the molecule is Cc1ccc(C=C2CSC=N2)cc1. The van der Waals surface area contributed by atoms with Gasteiger partial charge in [0.1, 0.15) is 0 Å². The largest absolute Gasteiger partial charge is 0.254 e. The fourth-order valence-corrected chi connectivity index (χ4v) is 1.81. The number of aliphatic imine (C=N–C) groups is 1. The lowest BCUT2D eigenvalue weighted by Gasteiger charge is -1.95. The number of hydrogen-bond donors (Lipinski definition) is 0. The summed E-state index contributed by atoms with van der Waals surface area (Å²) < 4.78 is 0. The van der Waals surface area contributed by atoms with Gasteiger partial charge >= 0.3 is 0 Å². The fourth-order valence-electron chi connectivity index (χ4n) is 1.20. The third-order valence-corrected chi connectivity index (χ3v) is 2.65. The van der Waals surface area contributed by atoms with E-state index in [4.69, 9.17) is 0 Å². The van der Waals surface area contributed by atoms with E-state index in [2.05, 4.69) is 42.3 Å². The summed E-state index contributed by atoms with van der Waals surface area (Å²) in [6, 6.07) is 8.50. The molecule has 1 heterocycles. The fraction of sp³-hybridized carbons (Fsp3) is 0.182. The first-order chi connectivity index (χ1) is 6.34. The molecule has 1 aromatic carbocycles. The Morgan fingerprint density at radius 2 is 2.08 bits per heavy atom. The topological polar surface area (TPSA) is 12.4 Å². The average Bonchev–Trinajstić information content (AvgIpc) is 2.62. The molecule has 0 amide bonds. The van der Waals surface area contributed by atoms with Crippen molar-refractivity contribution in [3.05, 3.63) is 41.1 Å². The second-order valence-corrected chi connectivity index (χ2v) is 3.92. The Balaban J connectivity index is 2.22. The molecule has 1 nitrogen and oxygen atoms in total. The zero-order valence-electron chi connectivity index (χ0n) is 7.53. The highest BCUT2D eigenvalue weighted by atomic mass is 32.2. The summed E-state index contributed by atoms with van der Waals surface area (Å²) in [7, 11) is 0. The Kier molecular flexibility index (Phi) is 2.50. The van der Waals surface area contributed by atoms with Gasteiger partial charge in [0.05, 0.1) is 11.2 Å². The van der Waals surface area contributed by atoms with E-state index in [0.29, 0.717) is 0 Å². The molecule has 0 aromatic heterocycles. The van der Waals surface area contributed by atoms with E-state index in [0.717, 1.165) is 11.4 Å². The number of rotatable bonds is 1. The molecule has 2 heteroatoms. The van der Waals surface area contributed by atoms with Crippen LogP contribution in [0.15, 0.2) is 35.0 Å². The Bertz CT molecular complexity index is 349. The lowest BCUT2D eigenvalue weighted by molar-refractivity contribution is 1.38. The van der Waals surface area contributed by atoms with Crippen LogP contribution in [0.2, 0.25) is 0 Å². The normalized spacial score (nSPS) is 18.4. The summed E-state index contributed by atoms with van der Waals surface area (Å²) in [6.07, 6.45) is 2.13. The molecule has 1 aliphatic heterocycles. The van der Waals surface area contributed by atoms with Crippen molar-refractivity contribution in [3.63, 3.8) is 0 Å². The van der Waals surface area contributed by atoms with Crippen LogP contribution in [0.25, 0.3) is 6.08 Å². The van der Waals surface area contributed by atoms with Gasteiger partial charge in [0.2, 0.25) is 0 Å². The summed E-state index contributed by atoms with van der Waals surface area (Å²) in [5.41, 5.74) is 5.60. The zero-order valence-corrected chi connectivity index (χ0v) is 8.34. The Morgan fingerprint density at radius 1 is 1.31 bits per heavy atom. The molecule has 0 saturated carbocycles. The Morgan fingerprint density at radius 3 is 2.69 bits per heavy atom.